The van der Waals surface area contributed by atoms with Gasteiger partial charge >= 0.3 is 0 Å². The summed E-state index contributed by atoms with van der Waals surface area (Å²) in [6.45, 7) is 5.61. The largest absolute Gasteiger partial charge is 0.383 e. The molecule has 0 radical (unpaired) electrons. The van der Waals surface area contributed by atoms with Crippen LogP contribution in [0.5, 0.6) is 0 Å². The number of hydrogen-bond donors (Lipinski definition) is 1. The first-order chi connectivity index (χ1) is 5.11. The molecule has 1 heterocycles. The molecule has 0 aliphatic rings. The molecule has 0 unspecified atom stereocenters. The number of halogens is 1. The minimum atomic E-state index is 0.474. The van der Waals surface area contributed by atoms with Crippen molar-refractivity contribution in [3.05, 3.63) is 29.4 Å². The van der Waals surface area contributed by atoms with E-state index in [-0.39, 0.29) is 0 Å². The summed E-state index contributed by atoms with van der Waals surface area (Å²) in [6.07, 6.45) is 1.52. The summed E-state index contributed by atoms with van der Waals surface area (Å²) >= 11 is 5.70. The summed E-state index contributed by atoms with van der Waals surface area (Å²) in [5.41, 5.74) is 7.25. The molecule has 0 spiro atoms. The molecule has 0 aromatic carbocycles. The number of nitrogens with two attached hydrogens (primary N) is 1. The van der Waals surface area contributed by atoms with Gasteiger partial charge in [-0.1, -0.05) is 18.2 Å². The number of allylic oxidation sites excluding steroid dienone is 1. The Balaban J connectivity index is 3.23. The Morgan fingerprint density at radius 3 is 2.82 bits per heavy atom. The van der Waals surface area contributed by atoms with Gasteiger partial charge in [-0.25, -0.2) is 4.98 Å². The molecule has 0 bridgehead atoms. The van der Waals surface area contributed by atoms with Gasteiger partial charge in [0.2, 0.25) is 0 Å². The highest BCUT2D eigenvalue weighted by atomic mass is 35.5. The van der Waals surface area contributed by atoms with Gasteiger partial charge in [0.25, 0.3) is 0 Å². The molecule has 11 heavy (non-hydrogen) atoms. The Kier molecular flexibility index (Phi) is 2.15. The highest BCUT2D eigenvalue weighted by molar-refractivity contribution is 6.30. The quantitative estimate of drug-likeness (QED) is 0.699. The normalized spacial score (nSPS) is 9.64. The van der Waals surface area contributed by atoms with Crippen LogP contribution in [0.25, 0.3) is 5.57 Å². The fraction of sp³-hybridized carbons (Fsp3) is 0.125. The molecule has 0 aliphatic heterocycles. The number of pyridine rings is 1. The van der Waals surface area contributed by atoms with Crippen molar-refractivity contribution in [3.8, 4) is 0 Å². The van der Waals surface area contributed by atoms with E-state index in [0.717, 1.165) is 11.1 Å². The fourth-order valence-corrected chi connectivity index (χ4v) is 0.950. The molecule has 58 valence electrons. The van der Waals surface area contributed by atoms with E-state index in [1.165, 1.54) is 6.20 Å². The van der Waals surface area contributed by atoms with Crippen molar-refractivity contribution in [2.75, 3.05) is 5.73 Å². The van der Waals surface area contributed by atoms with Crippen LogP contribution in [0.2, 0.25) is 5.02 Å². The van der Waals surface area contributed by atoms with E-state index in [1.54, 1.807) is 6.07 Å². The molecule has 0 amide bonds. The molecule has 1 aromatic rings. The number of nitrogens with zero attached hydrogens (tertiary/aromatic N) is 1. The Morgan fingerprint density at radius 1 is 1.73 bits per heavy atom. The number of nitrogen functional groups attached to an aromatic ring is 1. The van der Waals surface area contributed by atoms with Crippen LogP contribution >= 0.6 is 11.6 Å². The predicted molar refractivity (Wildman–Crippen MR) is 48.4 cm³/mol. The molecule has 0 fully saturated rings. The highest BCUT2D eigenvalue weighted by Gasteiger charge is 2.00. The summed E-state index contributed by atoms with van der Waals surface area (Å²) in [7, 11) is 0. The molecule has 3 heteroatoms. The lowest BCUT2D eigenvalue weighted by Gasteiger charge is -2.02. The first-order valence-electron chi connectivity index (χ1n) is 3.18. The van der Waals surface area contributed by atoms with Crippen molar-refractivity contribution in [2.45, 2.75) is 6.92 Å². The number of hydrogen-bond acceptors (Lipinski definition) is 2. The SMILES string of the molecule is C=C(C)c1cc(Cl)cnc1N. The van der Waals surface area contributed by atoms with E-state index in [0.29, 0.717) is 10.8 Å². The van der Waals surface area contributed by atoms with E-state index in [2.05, 4.69) is 11.6 Å². The first-order valence-corrected chi connectivity index (χ1v) is 3.56. The smallest absolute Gasteiger partial charge is 0.130 e. The fourth-order valence-electron chi connectivity index (χ4n) is 0.792. The van der Waals surface area contributed by atoms with Gasteiger partial charge < -0.3 is 5.73 Å². The zero-order chi connectivity index (χ0) is 8.43. The molecule has 1 rings (SSSR count). The summed E-state index contributed by atoms with van der Waals surface area (Å²) in [6, 6.07) is 1.76. The maximum atomic E-state index is 5.70. The van der Waals surface area contributed by atoms with Crippen molar-refractivity contribution < 1.29 is 0 Å². The van der Waals surface area contributed by atoms with E-state index in [9.17, 15) is 0 Å². The number of aromatic nitrogens is 1. The highest BCUT2D eigenvalue weighted by Crippen LogP contribution is 2.20. The average Bonchev–Trinajstić information content (AvgIpc) is 1.94. The van der Waals surface area contributed by atoms with E-state index in [4.69, 9.17) is 17.3 Å². The molecule has 2 N–H and O–H groups in total. The van der Waals surface area contributed by atoms with Gasteiger partial charge in [-0.3, -0.25) is 0 Å². The zero-order valence-corrected chi connectivity index (χ0v) is 7.02. The molecule has 1 aromatic heterocycles. The van der Waals surface area contributed by atoms with Crippen molar-refractivity contribution in [1.29, 1.82) is 0 Å². The van der Waals surface area contributed by atoms with Crippen molar-refractivity contribution in [1.82, 2.24) is 4.98 Å². The van der Waals surface area contributed by atoms with Gasteiger partial charge in [0.15, 0.2) is 0 Å². The minimum Gasteiger partial charge on any atom is -0.383 e. The van der Waals surface area contributed by atoms with Crippen LogP contribution in [0.4, 0.5) is 5.82 Å². The number of anilines is 1. The maximum absolute atomic E-state index is 5.70. The third-order valence-corrected chi connectivity index (χ3v) is 1.55. The van der Waals surface area contributed by atoms with Crippen molar-refractivity contribution in [2.24, 2.45) is 0 Å². The molecular formula is C8H9ClN2. The van der Waals surface area contributed by atoms with Crippen LogP contribution in [-0.2, 0) is 0 Å². The van der Waals surface area contributed by atoms with Crippen LogP contribution in [0.3, 0.4) is 0 Å². The molecule has 0 aliphatic carbocycles. The molecule has 2 nitrogen and oxygen atoms in total. The van der Waals surface area contributed by atoms with Gasteiger partial charge in [-0.15, -0.1) is 0 Å². The number of rotatable bonds is 1. The summed E-state index contributed by atoms with van der Waals surface area (Å²) in [4.78, 5) is 3.88. The Morgan fingerprint density at radius 2 is 2.36 bits per heavy atom. The summed E-state index contributed by atoms with van der Waals surface area (Å²) < 4.78 is 0. The van der Waals surface area contributed by atoms with Crippen LogP contribution in [0, 0.1) is 0 Å². The predicted octanol–water partition coefficient (Wildman–Crippen LogP) is 2.35. The van der Waals surface area contributed by atoms with Crippen LogP contribution in [0.1, 0.15) is 12.5 Å². The second-order valence-electron chi connectivity index (χ2n) is 2.37. The summed E-state index contributed by atoms with van der Waals surface area (Å²) in [5.74, 6) is 0.474. The second kappa shape index (κ2) is 2.93. The minimum absolute atomic E-state index is 0.474. The molecule has 0 saturated carbocycles. The van der Waals surface area contributed by atoms with Gasteiger partial charge in [0, 0.05) is 11.8 Å². The first kappa shape index (κ1) is 8.08. The van der Waals surface area contributed by atoms with E-state index in [1.807, 2.05) is 6.92 Å². The van der Waals surface area contributed by atoms with Gasteiger partial charge in [0.1, 0.15) is 5.82 Å². The van der Waals surface area contributed by atoms with Gasteiger partial charge in [0.05, 0.1) is 5.02 Å². The Labute approximate surface area is 70.7 Å². The topological polar surface area (TPSA) is 38.9 Å². The lowest BCUT2D eigenvalue weighted by Crippen LogP contribution is -1.94. The average molecular weight is 169 g/mol. The van der Waals surface area contributed by atoms with Gasteiger partial charge in [-0.05, 0) is 18.6 Å². The third-order valence-electron chi connectivity index (χ3n) is 1.34. The lowest BCUT2D eigenvalue weighted by molar-refractivity contribution is 1.31. The van der Waals surface area contributed by atoms with Crippen molar-refractivity contribution in [3.63, 3.8) is 0 Å². The zero-order valence-electron chi connectivity index (χ0n) is 6.26. The van der Waals surface area contributed by atoms with Crippen LogP contribution in [0.15, 0.2) is 18.8 Å². The summed E-state index contributed by atoms with van der Waals surface area (Å²) in [5, 5.41) is 0.581. The standard InChI is InChI=1S/C8H9ClN2/c1-5(2)7-3-6(9)4-11-8(7)10/h3-4H,1H2,2H3,(H2,10,11). The van der Waals surface area contributed by atoms with Crippen LogP contribution in [-0.4, -0.2) is 4.98 Å². The molecule has 0 atom stereocenters. The van der Waals surface area contributed by atoms with Gasteiger partial charge in [-0.2, -0.15) is 0 Å². The van der Waals surface area contributed by atoms with Crippen molar-refractivity contribution >= 4 is 23.0 Å². The maximum Gasteiger partial charge on any atom is 0.130 e. The van der Waals surface area contributed by atoms with Crippen LogP contribution < -0.4 is 5.73 Å². The third kappa shape index (κ3) is 1.71. The second-order valence-corrected chi connectivity index (χ2v) is 2.80. The Bertz CT molecular complexity index is 294. The van der Waals surface area contributed by atoms with E-state index >= 15 is 0 Å². The van der Waals surface area contributed by atoms with E-state index < -0.39 is 0 Å². The Hall–Kier alpha value is -1.02. The molecule has 0 saturated heterocycles. The lowest BCUT2D eigenvalue weighted by atomic mass is 10.1. The monoisotopic (exact) mass is 168 g/mol. The molecular weight excluding hydrogens is 160 g/mol.